The molecule has 0 atom stereocenters. The standard InChI is InChI=1S/C16H28O3/c1-16(2,3)12-10-8-6-4-5-7-9-11-14-13-18-15(17)19-14/h13H,4-12H2,1-3H3. The van der Waals surface area contributed by atoms with Crippen molar-refractivity contribution in [2.45, 2.75) is 78.6 Å². The van der Waals surface area contributed by atoms with Gasteiger partial charge in [0, 0.05) is 6.42 Å². The zero-order valence-electron chi connectivity index (χ0n) is 12.7. The molecular weight excluding hydrogens is 240 g/mol. The van der Waals surface area contributed by atoms with Crippen molar-refractivity contribution in [3.05, 3.63) is 22.6 Å². The second kappa shape index (κ2) is 8.23. The maximum Gasteiger partial charge on any atom is 0.518 e. The molecule has 0 bridgehead atoms. The molecule has 0 N–H and O–H groups in total. The van der Waals surface area contributed by atoms with Crippen LogP contribution in [-0.4, -0.2) is 0 Å². The lowest BCUT2D eigenvalue weighted by Crippen LogP contribution is -2.03. The Kier molecular flexibility index (Phi) is 6.96. The molecule has 0 fully saturated rings. The minimum atomic E-state index is -0.589. The smallest absolute Gasteiger partial charge is 0.399 e. The first-order valence-corrected chi connectivity index (χ1v) is 7.55. The topological polar surface area (TPSA) is 43.4 Å². The van der Waals surface area contributed by atoms with Crippen molar-refractivity contribution in [1.82, 2.24) is 0 Å². The van der Waals surface area contributed by atoms with Gasteiger partial charge >= 0.3 is 5.82 Å². The van der Waals surface area contributed by atoms with Gasteiger partial charge in [-0.05, 0) is 18.3 Å². The van der Waals surface area contributed by atoms with Crippen molar-refractivity contribution in [2.75, 3.05) is 0 Å². The zero-order valence-corrected chi connectivity index (χ0v) is 12.7. The van der Waals surface area contributed by atoms with E-state index in [1.807, 2.05) is 0 Å². The molecule has 1 heterocycles. The van der Waals surface area contributed by atoms with E-state index in [1.165, 1.54) is 51.2 Å². The first-order chi connectivity index (χ1) is 8.97. The van der Waals surface area contributed by atoms with Crippen LogP contribution in [0.25, 0.3) is 0 Å². The summed E-state index contributed by atoms with van der Waals surface area (Å²) in [7, 11) is 0. The maximum atomic E-state index is 10.7. The van der Waals surface area contributed by atoms with Crippen LogP contribution in [0.1, 0.15) is 77.9 Å². The molecule has 110 valence electrons. The fraction of sp³-hybridized carbons (Fsp3) is 0.812. The van der Waals surface area contributed by atoms with Crippen LogP contribution in [0.2, 0.25) is 0 Å². The summed E-state index contributed by atoms with van der Waals surface area (Å²) < 4.78 is 9.44. The Balaban J connectivity index is 1.88. The second-order valence-electron chi connectivity index (χ2n) is 6.59. The molecule has 1 rings (SSSR count). The molecular formula is C16H28O3. The van der Waals surface area contributed by atoms with Gasteiger partial charge in [-0.15, -0.1) is 0 Å². The Morgan fingerprint density at radius 3 is 2.05 bits per heavy atom. The van der Waals surface area contributed by atoms with Crippen molar-refractivity contribution in [3.8, 4) is 0 Å². The van der Waals surface area contributed by atoms with E-state index in [1.54, 1.807) is 0 Å². The molecule has 0 aliphatic heterocycles. The van der Waals surface area contributed by atoms with Crippen molar-refractivity contribution >= 4 is 0 Å². The average molecular weight is 268 g/mol. The van der Waals surface area contributed by atoms with Crippen LogP contribution in [0.3, 0.4) is 0 Å². The van der Waals surface area contributed by atoms with Gasteiger partial charge in [0.25, 0.3) is 0 Å². The quantitative estimate of drug-likeness (QED) is 0.596. The Hall–Kier alpha value is -0.990. The van der Waals surface area contributed by atoms with Gasteiger partial charge in [-0.3, -0.25) is 0 Å². The third-order valence-corrected chi connectivity index (χ3v) is 3.35. The van der Waals surface area contributed by atoms with Crippen molar-refractivity contribution in [3.63, 3.8) is 0 Å². The van der Waals surface area contributed by atoms with Crippen LogP contribution in [-0.2, 0) is 6.42 Å². The SMILES string of the molecule is CC(C)(C)CCCCCCCCCc1coc(=O)o1. The van der Waals surface area contributed by atoms with E-state index in [4.69, 9.17) is 4.42 Å². The summed E-state index contributed by atoms with van der Waals surface area (Å²) >= 11 is 0. The van der Waals surface area contributed by atoms with Gasteiger partial charge in [0.2, 0.25) is 0 Å². The fourth-order valence-corrected chi connectivity index (χ4v) is 2.22. The van der Waals surface area contributed by atoms with Crippen molar-refractivity contribution < 1.29 is 8.83 Å². The van der Waals surface area contributed by atoms with Gasteiger partial charge in [0.05, 0.1) is 0 Å². The fourth-order valence-electron chi connectivity index (χ4n) is 2.22. The molecule has 3 nitrogen and oxygen atoms in total. The highest BCUT2D eigenvalue weighted by Gasteiger charge is 2.08. The summed E-state index contributed by atoms with van der Waals surface area (Å²) in [4.78, 5) is 10.7. The van der Waals surface area contributed by atoms with E-state index in [-0.39, 0.29) is 0 Å². The van der Waals surface area contributed by atoms with Gasteiger partial charge < -0.3 is 8.83 Å². The molecule has 0 spiro atoms. The predicted octanol–water partition coefficient (Wildman–Crippen LogP) is 4.94. The first-order valence-electron chi connectivity index (χ1n) is 7.55. The summed E-state index contributed by atoms with van der Waals surface area (Å²) in [6.45, 7) is 6.92. The molecule has 0 amide bonds. The average Bonchev–Trinajstić information content (AvgIpc) is 2.71. The molecule has 19 heavy (non-hydrogen) atoms. The van der Waals surface area contributed by atoms with E-state index in [9.17, 15) is 4.79 Å². The van der Waals surface area contributed by atoms with E-state index in [0.717, 1.165) is 12.8 Å². The minimum Gasteiger partial charge on any atom is -0.399 e. The summed E-state index contributed by atoms with van der Waals surface area (Å²) in [6, 6.07) is 0. The van der Waals surface area contributed by atoms with Gasteiger partial charge in [-0.25, -0.2) is 4.79 Å². The number of hydrogen-bond acceptors (Lipinski definition) is 3. The molecule has 0 unspecified atom stereocenters. The van der Waals surface area contributed by atoms with Crippen LogP contribution in [0.4, 0.5) is 0 Å². The van der Waals surface area contributed by atoms with Gasteiger partial charge in [-0.1, -0.05) is 59.3 Å². The van der Waals surface area contributed by atoms with E-state index in [0.29, 0.717) is 11.2 Å². The Morgan fingerprint density at radius 2 is 1.53 bits per heavy atom. The van der Waals surface area contributed by atoms with Crippen molar-refractivity contribution in [1.29, 1.82) is 0 Å². The van der Waals surface area contributed by atoms with Gasteiger partial charge in [0.1, 0.15) is 12.0 Å². The molecule has 1 aromatic rings. The number of rotatable bonds is 9. The summed E-state index contributed by atoms with van der Waals surface area (Å²) in [6.07, 6.45) is 12.5. The molecule has 0 saturated heterocycles. The highest BCUT2D eigenvalue weighted by molar-refractivity contribution is 4.84. The maximum absolute atomic E-state index is 10.7. The van der Waals surface area contributed by atoms with Crippen LogP contribution in [0, 0.1) is 5.41 Å². The van der Waals surface area contributed by atoms with E-state index < -0.39 is 5.82 Å². The summed E-state index contributed by atoms with van der Waals surface area (Å²) in [5.74, 6) is 0.0871. The first kappa shape index (κ1) is 16.1. The molecule has 0 aliphatic rings. The lowest BCUT2D eigenvalue weighted by Gasteiger charge is -2.17. The number of hydrogen-bond donors (Lipinski definition) is 0. The molecule has 0 saturated carbocycles. The van der Waals surface area contributed by atoms with Gasteiger partial charge in [-0.2, -0.15) is 0 Å². The van der Waals surface area contributed by atoms with E-state index in [2.05, 4.69) is 25.2 Å². The molecule has 0 aromatic carbocycles. The summed E-state index contributed by atoms with van der Waals surface area (Å²) in [5.41, 5.74) is 0.481. The highest BCUT2D eigenvalue weighted by Crippen LogP contribution is 2.22. The van der Waals surface area contributed by atoms with Crippen LogP contribution >= 0.6 is 0 Å². The number of aryl methyl sites for hydroxylation is 1. The normalized spacial score (nSPS) is 11.9. The Morgan fingerprint density at radius 1 is 0.947 bits per heavy atom. The Labute approximate surface area is 116 Å². The zero-order chi connectivity index (χ0) is 14.1. The molecule has 0 radical (unpaired) electrons. The second-order valence-corrected chi connectivity index (χ2v) is 6.59. The third-order valence-electron chi connectivity index (χ3n) is 3.35. The van der Waals surface area contributed by atoms with Crippen LogP contribution < -0.4 is 5.82 Å². The minimum absolute atomic E-state index is 0.481. The molecule has 3 heteroatoms. The predicted molar refractivity (Wildman–Crippen MR) is 77.3 cm³/mol. The largest absolute Gasteiger partial charge is 0.518 e. The summed E-state index contributed by atoms with van der Waals surface area (Å²) in [5, 5.41) is 0. The number of unbranched alkanes of at least 4 members (excludes halogenated alkanes) is 6. The van der Waals surface area contributed by atoms with Crippen molar-refractivity contribution in [2.24, 2.45) is 5.41 Å². The third kappa shape index (κ3) is 8.68. The van der Waals surface area contributed by atoms with Gasteiger partial charge in [0.15, 0.2) is 0 Å². The molecule has 0 aliphatic carbocycles. The van der Waals surface area contributed by atoms with E-state index >= 15 is 0 Å². The lowest BCUT2D eigenvalue weighted by atomic mass is 9.89. The monoisotopic (exact) mass is 268 g/mol. The van der Waals surface area contributed by atoms with Crippen LogP contribution in [0.5, 0.6) is 0 Å². The molecule has 1 aromatic heterocycles. The van der Waals surface area contributed by atoms with Crippen LogP contribution in [0.15, 0.2) is 19.9 Å². The lowest BCUT2D eigenvalue weighted by molar-refractivity contribution is 0.356. The highest BCUT2D eigenvalue weighted by atomic mass is 16.6. The Bertz CT molecular complexity index is 381.